The number of amides is 1. The Hall–Kier alpha value is -2.10. The fourth-order valence-electron chi connectivity index (χ4n) is 2.09. The van der Waals surface area contributed by atoms with E-state index in [4.69, 9.17) is 0 Å². The van der Waals surface area contributed by atoms with Crippen LogP contribution in [0.1, 0.15) is 12.2 Å². The number of hydrogen-bond donors (Lipinski definition) is 2. The molecule has 0 radical (unpaired) electrons. The lowest BCUT2D eigenvalue weighted by Crippen LogP contribution is -2.55. The van der Waals surface area contributed by atoms with Crippen molar-refractivity contribution in [1.29, 1.82) is 0 Å². The summed E-state index contributed by atoms with van der Waals surface area (Å²) in [6.45, 7) is 1.34. The molecule has 1 fully saturated rings. The van der Waals surface area contributed by atoms with Gasteiger partial charge in [0.15, 0.2) is 0 Å². The van der Waals surface area contributed by atoms with Gasteiger partial charge in [0.05, 0.1) is 0 Å². The number of aryl methyl sites for hydroxylation is 1. The van der Waals surface area contributed by atoms with Gasteiger partial charge in [0.1, 0.15) is 18.3 Å². The van der Waals surface area contributed by atoms with Crippen molar-refractivity contribution < 1.29 is 19.6 Å². The molecular weight excluding hydrogens is 300 g/mol. The highest BCUT2D eigenvalue weighted by Gasteiger charge is 2.43. The standard InChI is InChI=1S/C11H14N4O5S/c1-7-12-8(15(19)20)4-14(7)5-9(16)13-11(10(17)18)2-3-21-6-11/h4H,2-3,5-6H2,1H3,(H,13,16)(H,17,18). The molecule has 2 N–H and O–H groups in total. The van der Waals surface area contributed by atoms with Gasteiger partial charge in [-0.1, -0.05) is 0 Å². The third-order valence-electron chi connectivity index (χ3n) is 3.27. The molecule has 2 rings (SSSR count). The first-order chi connectivity index (χ1) is 9.84. The van der Waals surface area contributed by atoms with Gasteiger partial charge in [-0.2, -0.15) is 11.8 Å². The number of hydrogen-bond acceptors (Lipinski definition) is 6. The Morgan fingerprint density at radius 2 is 2.38 bits per heavy atom. The third kappa shape index (κ3) is 3.15. The predicted octanol–water partition coefficient (Wildman–Crippen LogP) is 0.176. The van der Waals surface area contributed by atoms with Crippen molar-refractivity contribution >= 4 is 29.5 Å². The van der Waals surface area contributed by atoms with Gasteiger partial charge in [-0.05, 0) is 22.1 Å². The summed E-state index contributed by atoms with van der Waals surface area (Å²) in [5.41, 5.74) is -1.25. The van der Waals surface area contributed by atoms with Crippen LogP contribution < -0.4 is 5.32 Å². The zero-order valence-electron chi connectivity index (χ0n) is 11.2. The minimum atomic E-state index is -1.25. The largest absolute Gasteiger partial charge is 0.479 e. The number of imidazole rings is 1. The molecule has 0 spiro atoms. The van der Waals surface area contributed by atoms with Gasteiger partial charge in [0.25, 0.3) is 0 Å². The van der Waals surface area contributed by atoms with E-state index in [2.05, 4.69) is 10.3 Å². The fraction of sp³-hybridized carbons (Fsp3) is 0.545. The van der Waals surface area contributed by atoms with Crippen LogP contribution >= 0.6 is 11.8 Å². The molecule has 1 amide bonds. The first-order valence-corrected chi connectivity index (χ1v) is 7.30. The SMILES string of the molecule is Cc1nc([N+](=O)[O-])cn1CC(=O)NC1(C(=O)O)CCSC1. The van der Waals surface area contributed by atoms with E-state index in [9.17, 15) is 24.8 Å². The molecule has 0 saturated carbocycles. The number of carboxylic acids is 1. The number of carboxylic acid groups (broad SMARTS) is 1. The molecule has 114 valence electrons. The molecule has 1 saturated heterocycles. The summed E-state index contributed by atoms with van der Waals surface area (Å²) in [6.07, 6.45) is 1.52. The smallest absolute Gasteiger partial charge is 0.381 e. The van der Waals surface area contributed by atoms with Crippen LogP contribution in [0, 0.1) is 17.0 Å². The Bertz CT molecular complexity index is 593. The number of nitrogens with one attached hydrogen (secondary N) is 1. The highest BCUT2D eigenvalue weighted by atomic mass is 32.2. The summed E-state index contributed by atoms with van der Waals surface area (Å²) >= 11 is 1.46. The van der Waals surface area contributed by atoms with Crippen LogP contribution in [0.15, 0.2) is 6.20 Å². The summed E-state index contributed by atoms with van der Waals surface area (Å²) < 4.78 is 1.32. The Kier molecular flexibility index (Phi) is 4.16. The highest BCUT2D eigenvalue weighted by Crippen LogP contribution is 2.28. The van der Waals surface area contributed by atoms with Crippen molar-refractivity contribution in [3.63, 3.8) is 0 Å². The maximum Gasteiger partial charge on any atom is 0.381 e. The van der Waals surface area contributed by atoms with E-state index in [-0.39, 0.29) is 12.4 Å². The topological polar surface area (TPSA) is 127 Å². The molecule has 0 bridgehead atoms. The van der Waals surface area contributed by atoms with E-state index >= 15 is 0 Å². The minimum absolute atomic E-state index is 0.202. The molecule has 1 unspecified atom stereocenters. The second kappa shape index (κ2) is 5.72. The fourth-order valence-corrected chi connectivity index (χ4v) is 3.41. The summed E-state index contributed by atoms with van der Waals surface area (Å²) in [5, 5.41) is 22.4. The van der Waals surface area contributed by atoms with Gasteiger partial charge >= 0.3 is 11.8 Å². The van der Waals surface area contributed by atoms with E-state index in [1.54, 1.807) is 6.92 Å². The molecule has 1 aromatic heterocycles. The summed E-state index contributed by atoms with van der Waals surface area (Å²) in [4.78, 5) is 37.0. The van der Waals surface area contributed by atoms with Crippen LogP contribution in [0.5, 0.6) is 0 Å². The van der Waals surface area contributed by atoms with Gasteiger partial charge in [0, 0.05) is 12.7 Å². The van der Waals surface area contributed by atoms with E-state index in [0.29, 0.717) is 23.8 Å². The van der Waals surface area contributed by atoms with Gasteiger partial charge in [-0.3, -0.25) is 9.36 Å². The van der Waals surface area contributed by atoms with Crippen molar-refractivity contribution in [1.82, 2.24) is 14.9 Å². The van der Waals surface area contributed by atoms with Crippen molar-refractivity contribution in [2.45, 2.75) is 25.4 Å². The molecule has 1 atom stereocenters. The zero-order valence-corrected chi connectivity index (χ0v) is 12.1. The lowest BCUT2D eigenvalue weighted by Gasteiger charge is -2.24. The van der Waals surface area contributed by atoms with Crippen LogP contribution in [0.2, 0.25) is 0 Å². The second-order valence-corrected chi connectivity index (χ2v) is 5.87. The first kappa shape index (κ1) is 15.3. The number of nitrogens with zero attached hydrogens (tertiary/aromatic N) is 3. The van der Waals surface area contributed by atoms with E-state index in [1.807, 2.05) is 0 Å². The van der Waals surface area contributed by atoms with Gasteiger partial charge in [-0.15, -0.1) is 0 Å². The Labute approximate surface area is 123 Å². The normalized spacial score (nSPS) is 21.2. The first-order valence-electron chi connectivity index (χ1n) is 6.14. The molecule has 9 nitrogen and oxygen atoms in total. The van der Waals surface area contributed by atoms with Crippen molar-refractivity contribution in [3.8, 4) is 0 Å². The maximum atomic E-state index is 12.0. The second-order valence-electron chi connectivity index (χ2n) is 4.77. The Morgan fingerprint density at radius 3 is 2.86 bits per heavy atom. The molecule has 1 aromatic rings. The Balaban J connectivity index is 2.08. The Morgan fingerprint density at radius 1 is 1.67 bits per heavy atom. The number of nitro groups is 1. The van der Waals surface area contributed by atoms with Crippen molar-refractivity contribution in [3.05, 3.63) is 22.1 Å². The molecule has 1 aliphatic rings. The summed E-state index contributed by atoms with van der Waals surface area (Å²) in [5.74, 6) is -0.601. The lowest BCUT2D eigenvalue weighted by molar-refractivity contribution is -0.389. The average Bonchev–Trinajstić information content (AvgIpc) is 2.98. The minimum Gasteiger partial charge on any atom is -0.479 e. The van der Waals surface area contributed by atoms with Crippen LogP contribution in [0.3, 0.4) is 0 Å². The van der Waals surface area contributed by atoms with Crippen LogP contribution in [-0.4, -0.2) is 48.5 Å². The molecule has 10 heteroatoms. The molecule has 21 heavy (non-hydrogen) atoms. The van der Waals surface area contributed by atoms with Crippen LogP contribution in [0.4, 0.5) is 5.82 Å². The van der Waals surface area contributed by atoms with Gasteiger partial charge in [-0.25, -0.2) is 4.79 Å². The summed E-state index contributed by atoms with van der Waals surface area (Å²) in [6, 6.07) is 0. The number of rotatable bonds is 5. The highest BCUT2D eigenvalue weighted by molar-refractivity contribution is 7.99. The van der Waals surface area contributed by atoms with Crippen LogP contribution in [0.25, 0.3) is 0 Å². The number of thioether (sulfide) groups is 1. The molecule has 0 aliphatic carbocycles. The number of aliphatic carboxylic acids is 1. The predicted molar refractivity (Wildman–Crippen MR) is 74.1 cm³/mol. The molecule has 2 heterocycles. The monoisotopic (exact) mass is 314 g/mol. The lowest BCUT2D eigenvalue weighted by atomic mass is 9.99. The summed E-state index contributed by atoms with van der Waals surface area (Å²) in [7, 11) is 0. The zero-order chi connectivity index (χ0) is 15.6. The average molecular weight is 314 g/mol. The number of aromatic nitrogens is 2. The van der Waals surface area contributed by atoms with E-state index in [0.717, 1.165) is 6.20 Å². The number of carbonyl (C=O) groups is 2. The third-order valence-corrected chi connectivity index (χ3v) is 4.46. The molecule has 1 aliphatic heterocycles. The number of carbonyl (C=O) groups excluding carboxylic acids is 1. The van der Waals surface area contributed by atoms with Crippen molar-refractivity contribution in [2.24, 2.45) is 0 Å². The van der Waals surface area contributed by atoms with Crippen molar-refractivity contribution in [2.75, 3.05) is 11.5 Å². The van der Waals surface area contributed by atoms with E-state index < -0.39 is 22.3 Å². The maximum absolute atomic E-state index is 12.0. The molecular formula is C11H14N4O5S. The van der Waals surface area contributed by atoms with Gasteiger partial charge < -0.3 is 20.5 Å². The quantitative estimate of drug-likeness (QED) is 0.586. The van der Waals surface area contributed by atoms with Crippen LogP contribution in [-0.2, 0) is 16.1 Å². The molecule has 0 aromatic carbocycles. The van der Waals surface area contributed by atoms with Gasteiger partial charge in [0.2, 0.25) is 11.7 Å². The van der Waals surface area contributed by atoms with E-state index in [1.165, 1.54) is 16.3 Å².